The number of aryl methyl sites for hydroxylation is 1. The molecule has 2 N–H and O–H groups in total. The largest absolute Gasteiger partial charge is 0.462 e. The minimum Gasteiger partial charge on any atom is -0.462 e. The molecule has 2 aromatic rings. The van der Waals surface area contributed by atoms with Gasteiger partial charge in [-0.1, -0.05) is 45.0 Å². The zero-order valence-electron chi connectivity index (χ0n) is 17.3. The Morgan fingerprint density at radius 2 is 1.93 bits per heavy atom. The van der Waals surface area contributed by atoms with Gasteiger partial charge in [-0.15, -0.1) is 11.3 Å². The molecule has 2 amide bonds. The number of hydrogen-bond donors (Lipinski definition) is 2. The van der Waals surface area contributed by atoms with Crippen LogP contribution in [0, 0.1) is 0 Å². The molecule has 1 aliphatic rings. The molecule has 29 heavy (non-hydrogen) atoms. The highest BCUT2D eigenvalue weighted by molar-refractivity contribution is 7.17. The molecule has 6 nitrogen and oxygen atoms in total. The first-order chi connectivity index (χ1) is 13.8. The van der Waals surface area contributed by atoms with Gasteiger partial charge in [-0.25, -0.2) is 15.0 Å². The van der Waals surface area contributed by atoms with Gasteiger partial charge in [0.1, 0.15) is 5.00 Å². The molecular weight excluding hydrogens is 386 g/mol. The summed E-state index contributed by atoms with van der Waals surface area (Å²) in [6.07, 6.45) is 4.38. The fraction of sp³-hybridized carbons (Fsp3) is 0.409. The molecule has 0 aliphatic heterocycles. The van der Waals surface area contributed by atoms with E-state index in [1.54, 1.807) is 13.1 Å². The fourth-order valence-corrected chi connectivity index (χ4v) is 4.55. The van der Waals surface area contributed by atoms with E-state index in [9.17, 15) is 9.59 Å². The van der Waals surface area contributed by atoms with Crippen molar-refractivity contribution in [2.45, 2.75) is 52.4 Å². The summed E-state index contributed by atoms with van der Waals surface area (Å²) in [4.78, 5) is 25.8. The van der Waals surface area contributed by atoms with Gasteiger partial charge in [-0.2, -0.15) is 5.10 Å². The van der Waals surface area contributed by atoms with E-state index in [0.29, 0.717) is 17.2 Å². The number of benzene rings is 1. The van der Waals surface area contributed by atoms with Crippen LogP contribution in [-0.4, -0.2) is 24.8 Å². The molecule has 3 rings (SSSR count). The third-order valence-electron chi connectivity index (χ3n) is 4.78. The number of thiophene rings is 1. The normalized spacial score (nSPS) is 13.4. The molecule has 0 fully saturated rings. The maximum atomic E-state index is 12.3. The van der Waals surface area contributed by atoms with Crippen molar-refractivity contribution >= 4 is 34.6 Å². The molecule has 1 heterocycles. The van der Waals surface area contributed by atoms with Crippen molar-refractivity contribution in [1.82, 2.24) is 5.43 Å². The summed E-state index contributed by atoms with van der Waals surface area (Å²) in [5.41, 5.74) is 6.17. The van der Waals surface area contributed by atoms with Gasteiger partial charge >= 0.3 is 12.0 Å². The molecule has 1 aromatic carbocycles. The van der Waals surface area contributed by atoms with Gasteiger partial charge in [-0.3, -0.25) is 5.32 Å². The van der Waals surface area contributed by atoms with Crippen molar-refractivity contribution in [2.75, 3.05) is 11.9 Å². The molecule has 1 aliphatic carbocycles. The molecule has 0 unspecified atom stereocenters. The lowest BCUT2D eigenvalue weighted by Gasteiger charge is -2.18. The third-order valence-corrected chi connectivity index (χ3v) is 5.99. The predicted molar refractivity (Wildman–Crippen MR) is 117 cm³/mol. The number of fused-ring (bicyclic) bond motifs is 1. The van der Waals surface area contributed by atoms with Crippen molar-refractivity contribution in [2.24, 2.45) is 5.10 Å². The first-order valence-electron chi connectivity index (χ1n) is 9.82. The Kier molecular flexibility index (Phi) is 6.37. The first-order valence-corrected chi connectivity index (χ1v) is 10.6. The Balaban J connectivity index is 1.64. The quantitative estimate of drug-likeness (QED) is 0.417. The summed E-state index contributed by atoms with van der Waals surface area (Å²) >= 11 is 1.44. The molecule has 0 radical (unpaired) electrons. The summed E-state index contributed by atoms with van der Waals surface area (Å²) < 4.78 is 5.17. The number of nitrogens with zero attached hydrogens (tertiary/aromatic N) is 1. The second-order valence-corrected chi connectivity index (χ2v) is 9.08. The minimum absolute atomic E-state index is 0.0887. The summed E-state index contributed by atoms with van der Waals surface area (Å²) in [6.45, 7) is 8.55. The van der Waals surface area contributed by atoms with E-state index in [1.807, 2.05) is 12.1 Å². The number of carbonyl (C=O) groups excluding carboxylic acids is 2. The number of rotatable bonds is 5. The fourth-order valence-electron chi connectivity index (χ4n) is 3.28. The summed E-state index contributed by atoms with van der Waals surface area (Å²) in [7, 11) is 0. The Morgan fingerprint density at radius 3 is 2.59 bits per heavy atom. The SMILES string of the molecule is CCOC(=O)c1c(NC(=O)N/N=C/c2ccc(C(C)(C)C)cc2)sc2c1CCC2. The van der Waals surface area contributed by atoms with Crippen molar-refractivity contribution in [3.05, 3.63) is 51.4 Å². The number of hydrazone groups is 1. The lowest BCUT2D eigenvalue weighted by atomic mass is 9.87. The highest BCUT2D eigenvalue weighted by atomic mass is 32.1. The number of ether oxygens (including phenoxy) is 1. The van der Waals surface area contributed by atoms with Crippen LogP contribution in [0.25, 0.3) is 0 Å². The van der Waals surface area contributed by atoms with Crippen LogP contribution < -0.4 is 10.7 Å². The number of anilines is 1. The van der Waals surface area contributed by atoms with E-state index in [2.05, 4.69) is 48.7 Å². The molecule has 0 atom stereocenters. The lowest BCUT2D eigenvalue weighted by molar-refractivity contribution is 0.0527. The number of nitrogens with one attached hydrogen (secondary N) is 2. The van der Waals surface area contributed by atoms with Crippen LogP contribution in [0.5, 0.6) is 0 Å². The monoisotopic (exact) mass is 413 g/mol. The Hall–Kier alpha value is -2.67. The van der Waals surface area contributed by atoms with Crippen molar-refractivity contribution < 1.29 is 14.3 Å². The van der Waals surface area contributed by atoms with E-state index in [0.717, 1.165) is 35.3 Å². The molecule has 1 aromatic heterocycles. The van der Waals surface area contributed by atoms with Gasteiger partial charge in [0.2, 0.25) is 0 Å². The summed E-state index contributed by atoms with van der Waals surface area (Å²) in [6, 6.07) is 7.55. The van der Waals surface area contributed by atoms with E-state index in [-0.39, 0.29) is 11.4 Å². The van der Waals surface area contributed by atoms with Gasteiger partial charge < -0.3 is 4.74 Å². The number of hydrogen-bond acceptors (Lipinski definition) is 5. The second-order valence-electron chi connectivity index (χ2n) is 7.98. The molecular formula is C22H27N3O3S. The van der Waals surface area contributed by atoms with Crippen LogP contribution in [0.3, 0.4) is 0 Å². The van der Waals surface area contributed by atoms with Gasteiger partial charge in [0, 0.05) is 4.88 Å². The predicted octanol–water partition coefficient (Wildman–Crippen LogP) is 4.87. The van der Waals surface area contributed by atoms with Gasteiger partial charge in [-0.05, 0) is 48.3 Å². The van der Waals surface area contributed by atoms with Gasteiger partial charge in [0.25, 0.3) is 0 Å². The van der Waals surface area contributed by atoms with Crippen LogP contribution in [0.2, 0.25) is 0 Å². The van der Waals surface area contributed by atoms with Gasteiger partial charge in [0.05, 0.1) is 18.4 Å². The number of urea groups is 1. The molecule has 0 spiro atoms. The lowest BCUT2D eigenvalue weighted by Crippen LogP contribution is -2.25. The molecule has 154 valence electrons. The second kappa shape index (κ2) is 8.78. The molecule has 7 heteroatoms. The topological polar surface area (TPSA) is 79.8 Å². The number of carbonyl (C=O) groups is 2. The smallest absolute Gasteiger partial charge is 0.341 e. The Bertz CT molecular complexity index is 924. The van der Waals surface area contributed by atoms with E-state index in [4.69, 9.17) is 4.74 Å². The van der Waals surface area contributed by atoms with Gasteiger partial charge in [0.15, 0.2) is 0 Å². The van der Waals surface area contributed by atoms with E-state index >= 15 is 0 Å². The maximum Gasteiger partial charge on any atom is 0.341 e. The highest BCUT2D eigenvalue weighted by Crippen LogP contribution is 2.39. The molecule has 0 bridgehead atoms. The zero-order valence-corrected chi connectivity index (χ0v) is 18.1. The minimum atomic E-state index is -0.488. The molecule has 0 saturated carbocycles. The maximum absolute atomic E-state index is 12.3. The van der Waals surface area contributed by atoms with Crippen molar-refractivity contribution in [3.63, 3.8) is 0 Å². The zero-order chi connectivity index (χ0) is 21.0. The first kappa shape index (κ1) is 21.0. The van der Waals surface area contributed by atoms with Crippen LogP contribution in [0.4, 0.5) is 9.80 Å². The van der Waals surface area contributed by atoms with Crippen molar-refractivity contribution in [1.29, 1.82) is 0 Å². The third kappa shape index (κ3) is 5.03. The van der Waals surface area contributed by atoms with E-state index < -0.39 is 6.03 Å². The van der Waals surface area contributed by atoms with Crippen LogP contribution >= 0.6 is 11.3 Å². The van der Waals surface area contributed by atoms with E-state index in [1.165, 1.54) is 16.9 Å². The average Bonchev–Trinajstić information content (AvgIpc) is 3.22. The standard InChI is InChI=1S/C22H27N3O3S/c1-5-28-20(26)18-16-7-6-8-17(16)29-19(18)24-21(27)25-23-13-14-9-11-15(12-10-14)22(2,3)4/h9-13H,5-8H2,1-4H3,(H2,24,25,27)/b23-13+. The van der Waals surface area contributed by atoms with Crippen LogP contribution in [-0.2, 0) is 23.0 Å². The number of esters is 1. The summed E-state index contributed by atoms with van der Waals surface area (Å²) in [5.74, 6) is -0.385. The average molecular weight is 414 g/mol. The summed E-state index contributed by atoms with van der Waals surface area (Å²) in [5, 5.41) is 7.28. The van der Waals surface area contributed by atoms with Crippen LogP contribution in [0.1, 0.15) is 66.0 Å². The van der Waals surface area contributed by atoms with Crippen molar-refractivity contribution in [3.8, 4) is 0 Å². The Labute approximate surface area is 175 Å². The Morgan fingerprint density at radius 1 is 1.21 bits per heavy atom. The molecule has 0 saturated heterocycles. The van der Waals surface area contributed by atoms with Crippen LogP contribution in [0.15, 0.2) is 29.4 Å². The number of amides is 2. The highest BCUT2D eigenvalue weighted by Gasteiger charge is 2.28.